The number of aromatic nitrogens is 1. The van der Waals surface area contributed by atoms with Crippen LogP contribution in [0.25, 0.3) is 48.9 Å². The van der Waals surface area contributed by atoms with Crippen LogP contribution in [-0.4, -0.2) is 4.40 Å². The molecule has 1 unspecified atom stereocenters. The molecule has 2 nitrogen and oxygen atoms in total. The molecule has 0 bridgehead atoms. The van der Waals surface area contributed by atoms with Crippen molar-refractivity contribution in [1.29, 1.82) is 0 Å². The zero-order valence-corrected chi connectivity index (χ0v) is 31.2. The molecule has 0 saturated heterocycles. The number of anilines is 3. The van der Waals surface area contributed by atoms with Crippen LogP contribution in [0.4, 0.5) is 30.2 Å². The molecule has 5 heteroatoms. The topological polar surface area (TPSA) is 7.65 Å². The molecular formula is C51H37F3N2. The van der Waals surface area contributed by atoms with Crippen LogP contribution in [-0.2, 0) is 6.18 Å². The van der Waals surface area contributed by atoms with Crippen molar-refractivity contribution in [1.82, 2.24) is 4.40 Å². The fraction of sp³-hybridized carbons (Fsp3) is 0.0980. The molecule has 0 spiro atoms. The lowest BCUT2D eigenvalue weighted by molar-refractivity contribution is -0.137. The van der Waals surface area contributed by atoms with E-state index in [-0.39, 0.29) is 11.6 Å². The second kappa shape index (κ2) is 12.7. The van der Waals surface area contributed by atoms with E-state index in [0.29, 0.717) is 11.4 Å². The van der Waals surface area contributed by atoms with Gasteiger partial charge >= 0.3 is 6.18 Å². The van der Waals surface area contributed by atoms with Crippen LogP contribution in [0.1, 0.15) is 44.9 Å². The van der Waals surface area contributed by atoms with Gasteiger partial charge in [-0.25, -0.2) is 0 Å². The van der Waals surface area contributed by atoms with E-state index in [0.717, 1.165) is 38.8 Å². The third-order valence-electron chi connectivity index (χ3n) is 11.5. The molecule has 0 aliphatic rings. The van der Waals surface area contributed by atoms with Gasteiger partial charge in [0.25, 0.3) is 0 Å². The highest BCUT2D eigenvalue weighted by atomic mass is 19.4. The second-order valence-corrected chi connectivity index (χ2v) is 15.1. The van der Waals surface area contributed by atoms with Crippen LogP contribution in [0, 0.1) is 20.8 Å². The lowest BCUT2D eigenvalue weighted by Crippen LogP contribution is -2.16. The van der Waals surface area contributed by atoms with Gasteiger partial charge in [0.05, 0.1) is 27.8 Å². The third-order valence-corrected chi connectivity index (χ3v) is 11.5. The number of aryl methyl sites for hydroxylation is 3. The molecule has 2 aromatic heterocycles. The number of nitrogens with zero attached hydrogens (tertiary/aromatic N) is 2. The van der Waals surface area contributed by atoms with Crippen LogP contribution in [0.3, 0.4) is 0 Å². The highest BCUT2D eigenvalue weighted by Crippen LogP contribution is 2.48. The summed E-state index contributed by atoms with van der Waals surface area (Å²) in [5.74, 6) is 0.0157. The third kappa shape index (κ3) is 5.33. The predicted molar refractivity (Wildman–Crippen MR) is 226 cm³/mol. The van der Waals surface area contributed by atoms with E-state index in [1.807, 2.05) is 49.4 Å². The quantitative estimate of drug-likeness (QED) is 0.154. The van der Waals surface area contributed by atoms with Crippen LogP contribution in [0.5, 0.6) is 0 Å². The average Bonchev–Trinajstić information content (AvgIpc) is 3.70. The standard InChI is InChI=1S/C51H37F3N2/c1-31-12-10-15-35(26-31)48(39-17-5-4-14-33(39)3)42-25-24-40-43-29-34-22-23-38(28-36(34)30-47(43)56-45-20-8-6-18-41(45)49(42)50(40)56)55(37-16-11-13-32(2)27-37)46-21-9-7-19-44(46)51(52,53)54/h4-30,48H,1-3H3. The molecule has 0 aliphatic heterocycles. The van der Waals surface area contributed by atoms with Crippen molar-refractivity contribution >= 4 is 65.9 Å². The van der Waals surface area contributed by atoms with E-state index < -0.39 is 11.7 Å². The Morgan fingerprint density at radius 1 is 0.518 bits per heavy atom. The SMILES string of the molecule is Cc1cccc(C(c2ccccc2C)c2ccc3c4cc5ccc(N(c6cccc(C)c6)c6ccccc6C(F)(F)F)cc5cc4n4c5ccccc5c2c34)c1. The van der Waals surface area contributed by atoms with Crippen molar-refractivity contribution in [2.75, 3.05) is 4.90 Å². The van der Waals surface area contributed by atoms with Crippen molar-refractivity contribution in [2.45, 2.75) is 32.9 Å². The van der Waals surface area contributed by atoms with Crippen molar-refractivity contribution in [2.24, 2.45) is 0 Å². The summed E-state index contributed by atoms with van der Waals surface area (Å²) in [6.07, 6.45) is -4.53. The summed E-state index contributed by atoms with van der Waals surface area (Å²) in [5.41, 5.74) is 11.3. The Labute approximate surface area is 323 Å². The zero-order chi connectivity index (χ0) is 38.3. The molecule has 272 valence electrons. The van der Waals surface area contributed by atoms with Crippen molar-refractivity contribution in [3.8, 4) is 0 Å². The molecule has 0 fully saturated rings. The summed E-state index contributed by atoms with van der Waals surface area (Å²) in [6, 6.07) is 54.7. The Kier molecular flexibility index (Phi) is 7.72. The molecule has 0 saturated carbocycles. The van der Waals surface area contributed by atoms with E-state index in [2.05, 4.69) is 115 Å². The number of alkyl halides is 3. The lowest BCUT2D eigenvalue weighted by atomic mass is 9.80. The summed E-state index contributed by atoms with van der Waals surface area (Å²) in [4.78, 5) is 1.73. The van der Waals surface area contributed by atoms with E-state index >= 15 is 0 Å². The Morgan fingerprint density at radius 2 is 1.25 bits per heavy atom. The maximum Gasteiger partial charge on any atom is 0.418 e. The molecule has 56 heavy (non-hydrogen) atoms. The molecule has 8 aromatic carbocycles. The summed E-state index contributed by atoms with van der Waals surface area (Å²) in [6.45, 7) is 6.30. The van der Waals surface area contributed by atoms with Gasteiger partial charge in [0, 0.05) is 38.8 Å². The van der Waals surface area contributed by atoms with Gasteiger partial charge in [0.1, 0.15) is 0 Å². The first-order valence-electron chi connectivity index (χ1n) is 19.0. The van der Waals surface area contributed by atoms with Crippen molar-refractivity contribution in [3.63, 3.8) is 0 Å². The van der Waals surface area contributed by atoms with Gasteiger partial charge in [-0.3, -0.25) is 0 Å². The minimum atomic E-state index is -4.53. The van der Waals surface area contributed by atoms with Gasteiger partial charge in [0.2, 0.25) is 0 Å². The summed E-state index contributed by atoms with van der Waals surface area (Å²) in [7, 11) is 0. The van der Waals surface area contributed by atoms with Gasteiger partial charge in [-0.15, -0.1) is 0 Å². The maximum atomic E-state index is 14.5. The Hall–Kier alpha value is -6.59. The lowest BCUT2D eigenvalue weighted by Gasteiger charge is -2.28. The number of halogens is 3. The van der Waals surface area contributed by atoms with Crippen LogP contribution in [0.2, 0.25) is 0 Å². The largest absolute Gasteiger partial charge is 0.418 e. The molecule has 0 radical (unpaired) electrons. The number of fused-ring (bicyclic) bond motifs is 7. The Balaban J connectivity index is 1.24. The number of benzene rings is 8. The highest BCUT2D eigenvalue weighted by Gasteiger charge is 2.35. The first-order chi connectivity index (χ1) is 27.2. The molecule has 10 aromatic rings. The van der Waals surface area contributed by atoms with Crippen LogP contribution >= 0.6 is 0 Å². The van der Waals surface area contributed by atoms with E-state index in [4.69, 9.17) is 0 Å². The minimum Gasteiger partial charge on any atom is -0.310 e. The molecule has 0 N–H and O–H groups in total. The van der Waals surface area contributed by atoms with E-state index in [1.54, 1.807) is 17.0 Å². The Bertz CT molecular complexity index is 3130. The predicted octanol–water partition coefficient (Wildman–Crippen LogP) is 14.6. The molecule has 0 amide bonds. The zero-order valence-electron chi connectivity index (χ0n) is 31.2. The smallest absolute Gasteiger partial charge is 0.310 e. The van der Waals surface area contributed by atoms with E-state index in [9.17, 15) is 13.2 Å². The number of rotatable bonds is 6. The fourth-order valence-electron chi connectivity index (χ4n) is 9.03. The monoisotopic (exact) mass is 734 g/mol. The normalized spacial score (nSPS) is 12.8. The highest BCUT2D eigenvalue weighted by molar-refractivity contribution is 6.25. The average molecular weight is 735 g/mol. The van der Waals surface area contributed by atoms with Crippen LogP contribution in [0.15, 0.2) is 164 Å². The first kappa shape index (κ1) is 33.9. The number of hydrogen-bond donors (Lipinski definition) is 0. The number of para-hydroxylation sites is 2. The molecule has 1 atom stereocenters. The van der Waals surface area contributed by atoms with Crippen molar-refractivity contribution < 1.29 is 13.2 Å². The fourth-order valence-corrected chi connectivity index (χ4v) is 9.03. The van der Waals surface area contributed by atoms with Gasteiger partial charge in [-0.05, 0) is 114 Å². The molecule has 10 rings (SSSR count). The maximum absolute atomic E-state index is 14.5. The number of hydrogen-bond acceptors (Lipinski definition) is 1. The summed E-state index contributed by atoms with van der Waals surface area (Å²) >= 11 is 0. The van der Waals surface area contributed by atoms with Gasteiger partial charge in [-0.2, -0.15) is 13.2 Å². The second-order valence-electron chi connectivity index (χ2n) is 15.1. The first-order valence-corrected chi connectivity index (χ1v) is 19.0. The van der Waals surface area contributed by atoms with Gasteiger partial charge in [-0.1, -0.05) is 115 Å². The summed E-state index contributed by atoms with van der Waals surface area (Å²) in [5, 5.41) is 6.71. The van der Waals surface area contributed by atoms with Gasteiger partial charge < -0.3 is 9.30 Å². The molecule has 0 aliphatic carbocycles. The minimum absolute atomic E-state index is 0.0157. The molecule has 2 heterocycles. The Morgan fingerprint density at radius 3 is 2.05 bits per heavy atom. The van der Waals surface area contributed by atoms with Crippen molar-refractivity contribution in [3.05, 3.63) is 203 Å². The summed E-state index contributed by atoms with van der Waals surface area (Å²) < 4.78 is 46.0. The van der Waals surface area contributed by atoms with Gasteiger partial charge in [0.15, 0.2) is 0 Å². The van der Waals surface area contributed by atoms with Crippen LogP contribution < -0.4 is 4.90 Å². The van der Waals surface area contributed by atoms with E-state index in [1.165, 1.54) is 55.6 Å². The molecular weight excluding hydrogens is 698 g/mol.